The molecule has 36 heavy (non-hydrogen) atoms. The molecule has 7 nitrogen and oxygen atoms in total. The molecule has 0 saturated carbocycles. The van der Waals surface area contributed by atoms with Crippen molar-refractivity contribution < 1.29 is 40.0 Å². The molecular formula is C23H24F5N3O4S. The van der Waals surface area contributed by atoms with E-state index in [-0.39, 0.29) is 37.9 Å². The summed E-state index contributed by atoms with van der Waals surface area (Å²) in [5.41, 5.74) is -0.983. The molecule has 196 valence electrons. The van der Waals surface area contributed by atoms with Crippen molar-refractivity contribution in [1.29, 1.82) is 0 Å². The molecule has 0 spiro atoms. The van der Waals surface area contributed by atoms with Gasteiger partial charge in [0.15, 0.2) is 11.6 Å². The van der Waals surface area contributed by atoms with Crippen LogP contribution in [0.3, 0.4) is 0 Å². The predicted octanol–water partition coefficient (Wildman–Crippen LogP) is 3.00. The molecule has 2 aromatic rings. The van der Waals surface area contributed by atoms with Gasteiger partial charge in [-0.1, -0.05) is 18.2 Å². The van der Waals surface area contributed by atoms with Crippen LogP contribution in [0, 0.1) is 11.6 Å². The van der Waals surface area contributed by atoms with Crippen LogP contribution in [0.25, 0.3) is 0 Å². The molecule has 0 unspecified atom stereocenters. The fourth-order valence-corrected chi connectivity index (χ4v) is 5.65. The van der Waals surface area contributed by atoms with Gasteiger partial charge in [-0.05, 0) is 42.7 Å². The molecule has 0 aromatic heterocycles. The molecule has 3 rings (SSSR count). The zero-order chi connectivity index (χ0) is 26.7. The minimum atomic E-state index is -4.85. The summed E-state index contributed by atoms with van der Waals surface area (Å²) >= 11 is 0. The molecule has 1 atom stereocenters. The molecule has 13 heteroatoms. The summed E-state index contributed by atoms with van der Waals surface area (Å²) in [6.45, 7) is 0.925. The lowest BCUT2D eigenvalue weighted by Crippen LogP contribution is -2.53. The van der Waals surface area contributed by atoms with Gasteiger partial charge in [0.25, 0.3) is 0 Å². The van der Waals surface area contributed by atoms with Gasteiger partial charge < -0.3 is 10.6 Å². The van der Waals surface area contributed by atoms with Crippen LogP contribution in [0.1, 0.15) is 30.9 Å². The first-order valence-corrected chi connectivity index (χ1v) is 12.4. The van der Waals surface area contributed by atoms with Gasteiger partial charge in [0.1, 0.15) is 6.04 Å². The standard InChI is InChI=1S/C23H24F5N3O4S/c1-14(32)29-20(13-15-6-7-18(24)19(25)12-15)22(33)30-16-8-10-31(11-9-16)36(34,35)21-5-3-2-4-17(21)23(26,27)28/h2-7,12,16,20H,8-11,13H2,1H3,(H,29,32)(H,30,33)/t20-/m1/s1. The summed E-state index contributed by atoms with van der Waals surface area (Å²) in [5, 5.41) is 5.14. The average Bonchev–Trinajstić information content (AvgIpc) is 2.80. The van der Waals surface area contributed by atoms with Gasteiger partial charge in [0, 0.05) is 32.5 Å². The predicted molar refractivity (Wildman–Crippen MR) is 119 cm³/mol. The van der Waals surface area contributed by atoms with Crippen LogP contribution in [0.4, 0.5) is 22.0 Å². The topological polar surface area (TPSA) is 95.6 Å². The quantitative estimate of drug-likeness (QED) is 0.535. The number of halogens is 5. The highest BCUT2D eigenvalue weighted by atomic mass is 32.2. The van der Waals surface area contributed by atoms with Crippen molar-refractivity contribution in [2.24, 2.45) is 0 Å². The van der Waals surface area contributed by atoms with E-state index in [0.29, 0.717) is 6.07 Å². The van der Waals surface area contributed by atoms with Crippen LogP contribution in [0.2, 0.25) is 0 Å². The molecular weight excluding hydrogens is 509 g/mol. The van der Waals surface area contributed by atoms with Crippen molar-refractivity contribution in [3.63, 3.8) is 0 Å². The second-order valence-corrected chi connectivity index (χ2v) is 10.3. The number of carbonyl (C=O) groups is 2. The fraction of sp³-hybridized carbons (Fsp3) is 0.391. The normalized spacial score (nSPS) is 16.4. The third kappa shape index (κ3) is 6.58. The summed E-state index contributed by atoms with van der Waals surface area (Å²) in [6.07, 6.45) is -4.72. The van der Waals surface area contributed by atoms with E-state index in [0.717, 1.165) is 28.6 Å². The Bertz CT molecular complexity index is 1230. The number of alkyl halides is 3. The van der Waals surface area contributed by atoms with Crippen LogP contribution in [-0.4, -0.2) is 49.7 Å². The Hall–Kier alpha value is -3.06. The first-order chi connectivity index (χ1) is 16.8. The van der Waals surface area contributed by atoms with E-state index in [1.807, 2.05) is 0 Å². The Morgan fingerprint density at radius 2 is 1.69 bits per heavy atom. The smallest absolute Gasteiger partial charge is 0.351 e. The summed E-state index contributed by atoms with van der Waals surface area (Å²) in [5.74, 6) is -3.30. The van der Waals surface area contributed by atoms with E-state index in [1.54, 1.807) is 0 Å². The lowest BCUT2D eigenvalue weighted by atomic mass is 10.0. The highest BCUT2D eigenvalue weighted by molar-refractivity contribution is 7.89. The molecule has 0 bridgehead atoms. The van der Waals surface area contributed by atoms with Crippen molar-refractivity contribution >= 4 is 21.8 Å². The number of rotatable bonds is 7. The van der Waals surface area contributed by atoms with E-state index in [4.69, 9.17) is 0 Å². The molecule has 1 heterocycles. The molecule has 2 aromatic carbocycles. The van der Waals surface area contributed by atoms with Gasteiger partial charge in [-0.3, -0.25) is 9.59 Å². The second-order valence-electron chi connectivity index (χ2n) is 8.39. The van der Waals surface area contributed by atoms with Crippen molar-refractivity contribution in [2.75, 3.05) is 13.1 Å². The SMILES string of the molecule is CC(=O)N[C@H](Cc1ccc(F)c(F)c1)C(=O)NC1CCN(S(=O)(=O)c2ccccc2C(F)(F)F)CC1. The van der Waals surface area contributed by atoms with Gasteiger partial charge in [0.2, 0.25) is 21.8 Å². The maximum absolute atomic E-state index is 13.5. The summed E-state index contributed by atoms with van der Waals surface area (Å²) < 4.78 is 93.4. The first-order valence-electron chi connectivity index (χ1n) is 11.0. The van der Waals surface area contributed by atoms with Crippen LogP contribution in [-0.2, 0) is 32.2 Å². The Morgan fingerprint density at radius 1 is 1.06 bits per heavy atom. The number of amides is 2. The number of sulfonamides is 1. The summed E-state index contributed by atoms with van der Waals surface area (Å²) in [6, 6.07) is 5.41. The van der Waals surface area contributed by atoms with Gasteiger partial charge in [-0.25, -0.2) is 17.2 Å². The zero-order valence-electron chi connectivity index (χ0n) is 19.1. The number of nitrogens with one attached hydrogen (secondary N) is 2. The molecule has 1 saturated heterocycles. The highest BCUT2D eigenvalue weighted by Crippen LogP contribution is 2.35. The van der Waals surface area contributed by atoms with Gasteiger partial charge in [-0.2, -0.15) is 17.5 Å². The van der Waals surface area contributed by atoms with Crippen LogP contribution < -0.4 is 10.6 Å². The Labute approximate surface area is 204 Å². The third-order valence-electron chi connectivity index (χ3n) is 5.73. The van der Waals surface area contributed by atoms with E-state index in [1.165, 1.54) is 19.1 Å². The molecule has 2 N–H and O–H groups in total. The van der Waals surface area contributed by atoms with Gasteiger partial charge in [-0.15, -0.1) is 0 Å². The van der Waals surface area contributed by atoms with E-state index in [9.17, 15) is 40.0 Å². The number of benzene rings is 2. The summed E-state index contributed by atoms with van der Waals surface area (Å²) in [4.78, 5) is 23.5. The van der Waals surface area contributed by atoms with Crippen molar-refractivity contribution in [3.8, 4) is 0 Å². The largest absolute Gasteiger partial charge is 0.417 e. The van der Waals surface area contributed by atoms with E-state index in [2.05, 4.69) is 10.6 Å². The third-order valence-corrected chi connectivity index (χ3v) is 7.69. The van der Waals surface area contributed by atoms with Crippen molar-refractivity contribution in [1.82, 2.24) is 14.9 Å². The van der Waals surface area contributed by atoms with Crippen LogP contribution in [0.5, 0.6) is 0 Å². The second kappa shape index (κ2) is 10.9. The lowest BCUT2D eigenvalue weighted by molar-refractivity contribution is -0.140. The Morgan fingerprint density at radius 3 is 2.28 bits per heavy atom. The minimum absolute atomic E-state index is 0.121. The fourth-order valence-electron chi connectivity index (χ4n) is 3.96. The minimum Gasteiger partial charge on any atom is -0.351 e. The molecule has 2 amide bonds. The Balaban J connectivity index is 1.66. The monoisotopic (exact) mass is 533 g/mol. The van der Waals surface area contributed by atoms with Crippen molar-refractivity contribution in [3.05, 3.63) is 65.2 Å². The average molecular weight is 534 g/mol. The number of nitrogens with zero attached hydrogens (tertiary/aromatic N) is 1. The van der Waals surface area contributed by atoms with Crippen molar-refractivity contribution in [2.45, 2.75) is 49.3 Å². The first kappa shape index (κ1) is 27.5. The number of hydrogen-bond donors (Lipinski definition) is 2. The number of piperidine rings is 1. The van der Waals surface area contributed by atoms with E-state index < -0.39 is 62.2 Å². The number of carbonyl (C=O) groups excluding carboxylic acids is 2. The molecule has 0 radical (unpaired) electrons. The Kier molecular flexibility index (Phi) is 8.34. The lowest BCUT2D eigenvalue weighted by Gasteiger charge is -2.33. The maximum atomic E-state index is 13.5. The zero-order valence-corrected chi connectivity index (χ0v) is 19.9. The molecule has 1 aliphatic heterocycles. The number of hydrogen-bond acceptors (Lipinski definition) is 4. The molecule has 1 aliphatic rings. The summed E-state index contributed by atoms with van der Waals surface area (Å²) in [7, 11) is -4.43. The molecule has 1 fully saturated rings. The van der Waals surface area contributed by atoms with E-state index >= 15 is 0 Å². The molecule has 0 aliphatic carbocycles. The maximum Gasteiger partial charge on any atom is 0.417 e. The van der Waals surface area contributed by atoms with Gasteiger partial charge in [0.05, 0.1) is 10.5 Å². The highest BCUT2D eigenvalue weighted by Gasteiger charge is 2.40. The van der Waals surface area contributed by atoms with Gasteiger partial charge >= 0.3 is 6.18 Å². The van der Waals surface area contributed by atoms with Crippen LogP contribution in [0.15, 0.2) is 47.4 Å². The van der Waals surface area contributed by atoms with Crippen LogP contribution >= 0.6 is 0 Å².